The molecule has 1 aliphatic rings. The first-order valence-electron chi connectivity index (χ1n) is 2.85. The fraction of sp³-hybridized carbons (Fsp3) is 0.500. The van der Waals surface area contributed by atoms with E-state index in [-0.39, 0.29) is 5.38 Å². The van der Waals surface area contributed by atoms with E-state index in [1.165, 1.54) is 0 Å². The van der Waals surface area contributed by atoms with Gasteiger partial charge < -0.3 is 5.73 Å². The molecule has 1 aliphatic heterocycles. The number of nitrogens with zero attached hydrogens (tertiary/aromatic N) is 1. The summed E-state index contributed by atoms with van der Waals surface area (Å²) < 4.78 is 0. The van der Waals surface area contributed by atoms with Crippen LogP contribution in [0.25, 0.3) is 0 Å². The maximum absolute atomic E-state index is 5.78. The average molecular weight is 145 g/mol. The molecule has 1 rings (SSSR count). The Balaban J connectivity index is 2.70. The van der Waals surface area contributed by atoms with Crippen LogP contribution in [0, 0.1) is 5.92 Å². The van der Waals surface area contributed by atoms with Crippen molar-refractivity contribution in [2.75, 3.05) is 0 Å². The highest BCUT2D eigenvalue weighted by molar-refractivity contribution is 6.28. The van der Waals surface area contributed by atoms with Crippen molar-refractivity contribution >= 4 is 17.8 Å². The van der Waals surface area contributed by atoms with Crippen molar-refractivity contribution in [1.29, 1.82) is 0 Å². The van der Waals surface area contributed by atoms with Crippen LogP contribution in [-0.4, -0.2) is 11.6 Å². The molecule has 50 valence electrons. The lowest BCUT2D eigenvalue weighted by molar-refractivity contribution is 0.758. The summed E-state index contributed by atoms with van der Waals surface area (Å²) in [6, 6.07) is 0. The number of hydrogen-bond acceptors (Lipinski definition) is 2. The van der Waals surface area contributed by atoms with Gasteiger partial charge in [0.05, 0.1) is 5.38 Å². The summed E-state index contributed by atoms with van der Waals surface area (Å²) in [5.74, 6) is 0.878. The normalized spacial score (nSPS) is 34.2. The molecular formula is C6H9ClN2. The first-order valence-corrected chi connectivity index (χ1v) is 3.29. The quantitative estimate of drug-likeness (QED) is 0.509. The molecule has 0 aromatic heterocycles. The van der Waals surface area contributed by atoms with Crippen LogP contribution in [0.1, 0.15) is 6.92 Å². The molecule has 0 aromatic carbocycles. The molecule has 2 atom stereocenters. The van der Waals surface area contributed by atoms with E-state index in [9.17, 15) is 0 Å². The monoisotopic (exact) mass is 144 g/mol. The second kappa shape index (κ2) is 2.40. The third kappa shape index (κ3) is 1.45. The number of rotatable bonds is 0. The molecule has 0 amide bonds. The Bertz CT molecular complexity index is 162. The van der Waals surface area contributed by atoms with Crippen molar-refractivity contribution in [3.63, 3.8) is 0 Å². The standard InChI is InChI=1S/C6H9ClN2/c1-4-2-6(8)9-3-5(4)7/h2-5H,8H2,1H3. The zero-order chi connectivity index (χ0) is 6.85. The largest absolute Gasteiger partial charge is 0.384 e. The van der Waals surface area contributed by atoms with Gasteiger partial charge in [-0.3, -0.25) is 0 Å². The fourth-order valence-electron chi connectivity index (χ4n) is 0.697. The SMILES string of the molecule is CC1C=C(N)N=CC1Cl. The molecular weight excluding hydrogens is 136 g/mol. The van der Waals surface area contributed by atoms with Crippen LogP contribution in [0.15, 0.2) is 16.9 Å². The van der Waals surface area contributed by atoms with Gasteiger partial charge in [-0.15, -0.1) is 11.6 Å². The number of aliphatic imine (C=N–C) groups is 1. The Labute approximate surface area is 59.4 Å². The Hall–Kier alpha value is -0.500. The minimum atomic E-state index is 0.0114. The van der Waals surface area contributed by atoms with E-state index in [0.717, 1.165) is 0 Å². The van der Waals surface area contributed by atoms with E-state index in [1.807, 2.05) is 13.0 Å². The molecule has 1 heterocycles. The minimum Gasteiger partial charge on any atom is -0.384 e. The smallest absolute Gasteiger partial charge is 0.119 e. The summed E-state index contributed by atoms with van der Waals surface area (Å²) in [7, 11) is 0. The molecule has 2 N–H and O–H groups in total. The molecule has 0 aliphatic carbocycles. The second-order valence-corrected chi connectivity index (χ2v) is 2.68. The van der Waals surface area contributed by atoms with Gasteiger partial charge in [0.15, 0.2) is 0 Å². The fourth-order valence-corrected chi connectivity index (χ4v) is 0.826. The summed E-state index contributed by atoms with van der Waals surface area (Å²) >= 11 is 5.78. The highest BCUT2D eigenvalue weighted by Gasteiger charge is 2.12. The molecule has 2 nitrogen and oxygen atoms in total. The van der Waals surface area contributed by atoms with Gasteiger partial charge in [0, 0.05) is 6.21 Å². The third-order valence-electron chi connectivity index (χ3n) is 1.30. The number of alkyl halides is 1. The Morgan fingerprint density at radius 1 is 1.78 bits per heavy atom. The van der Waals surface area contributed by atoms with Gasteiger partial charge in [0.2, 0.25) is 0 Å². The summed E-state index contributed by atoms with van der Waals surface area (Å²) in [5.41, 5.74) is 5.39. The van der Waals surface area contributed by atoms with Crippen LogP contribution in [0.2, 0.25) is 0 Å². The topological polar surface area (TPSA) is 38.4 Å². The molecule has 2 unspecified atom stereocenters. The van der Waals surface area contributed by atoms with Gasteiger partial charge >= 0.3 is 0 Å². The van der Waals surface area contributed by atoms with Crippen LogP contribution >= 0.6 is 11.6 Å². The second-order valence-electron chi connectivity index (χ2n) is 2.17. The molecule has 0 aromatic rings. The van der Waals surface area contributed by atoms with Crippen LogP contribution in [-0.2, 0) is 0 Å². The van der Waals surface area contributed by atoms with Crippen molar-refractivity contribution in [3.8, 4) is 0 Å². The maximum Gasteiger partial charge on any atom is 0.119 e. The van der Waals surface area contributed by atoms with E-state index < -0.39 is 0 Å². The highest BCUT2D eigenvalue weighted by atomic mass is 35.5. The Kier molecular flexibility index (Phi) is 1.76. The van der Waals surface area contributed by atoms with Crippen LogP contribution in [0.4, 0.5) is 0 Å². The molecule has 9 heavy (non-hydrogen) atoms. The van der Waals surface area contributed by atoms with Gasteiger partial charge in [0.25, 0.3) is 0 Å². The van der Waals surface area contributed by atoms with Crippen molar-refractivity contribution in [1.82, 2.24) is 0 Å². The zero-order valence-corrected chi connectivity index (χ0v) is 5.97. The van der Waals surface area contributed by atoms with Crippen LogP contribution < -0.4 is 5.73 Å². The lowest BCUT2D eigenvalue weighted by atomic mass is 10.1. The van der Waals surface area contributed by atoms with Crippen LogP contribution in [0.3, 0.4) is 0 Å². The Morgan fingerprint density at radius 3 is 2.89 bits per heavy atom. The summed E-state index contributed by atoms with van der Waals surface area (Å²) in [4.78, 5) is 3.84. The molecule has 0 spiro atoms. The molecule has 0 saturated heterocycles. The molecule has 0 radical (unpaired) electrons. The van der Waals surface area contributed by atoms with Crippen LogP contribution in [0.5, 0.6) is 0 Å². The Morgan fingerprint density at radius 2 is 2.44 bits per heavy atom. The molecule has 0 fully saturated rings. The number of allylic oxidation sites excluding steroid dienone is 1. The lowest BCUT2D eigenvalue weighted by Gasteiger charge is -2.13. The van der Waals surface area contributed by atoms with E-state index in [1.54, 1.807) is 6.21 Å². The number of nitrogens with two attached hydrogens (primary N) is 1. The van der Waals surface area contributed by atoms with Crippen molar-refractivity contribution < 1.29 is 0 Å². The predicted molar refractivity (Wildman–Crippen MR) is 39.6 cm³/mol. The number of hydrogen-bond donors (Lipinski definition) is 1. The molecule has 3 heteroatoms. The van der Waals surface area contributed by atoms with Crippen molar-refractivity contribution in [2.45, 2.75) is 12.3 Å². The van der Waals surface area contributed by atoms with Gasteiger partial charge in [-0.1, -0.05) is 6.92 Å². The van der Waals surface area contributed by atoms with E-state index in [4.69, 9.17) is 17.3 Å². The van der Waals surface area contributed by atoms with Gasteiger partial charge in [0.1, 0.15) is 5.82 Å². The highest BCUT2D eigenvalue weighted by Crippen LogP contribution is 2.15. The molecule has 0 saturated carbocycles. The molecule has 0 bridgehead atoms. The van der Waals surface area contributed by atoms with Crippen molar-refractivity contribution in [3.05, 3.63) is 11.9 Å². The minimum absolute atomic E-state index is 0.0114. The van der Waals surface area contributed by atoms with E-state index >= 15 is 0 Å². The number of halogens is 1. The van der Waals surface area contributed by atoms with Gasteiger partial charge in [-0.2, -0.15) is 0 Å². The summed E-state index contributed by atoms with van der Waals surface area (Å²) in [6.45, 7) is 2.01. The van der Waals surface area contributed by atoms with E-state index in [2.05, 4.69) is 4.99 Å². The van der Waals surface area contributed by atoms with Gasteiger partial charge in [-0.25, -0.2) is 4.99 Å². The summed E-state index contributed by atoms with van der Waals surface area (Å²) in [5, 5.41) is 0.0114. The third-order valence-corrected chi connectivity index (χ3v) is 1.81. The van der Waals surface area contributed by atoms with Gasteiger partial charge in [-0.05, 0) is 12.0 Å². The predicted octanol–water partition coefficient (Wildman–Crippen LogP) is 1.11. The average Bonchev–Trinajstić information content (AvgIpc) is 1.80. The zero-order valence-electron chi connectivity index (χ0n) is 5.21. The first-order chi connectivity index (χ1) is 4.20. The van der Waals surface area contributed by atoms with Crippen molar-refractivity contribution in [2.24, 2.45) is 16.6 Å². The summed E-state index contributed by atoms with van der Waals surface area (Å²) in [6.07, 6.45) is 3.53. The first kappa shape index (κ1) is 6.62. The van der Waals surface area contributed by atoms with E-state index in [0.29, 0.717) is 11.7 Å². The lowest BCUT2D eigenvalue weighted by Crippen LogP contribution is -2.17. The maximum atomic E-state index is 5.78.